The number of hydrogen-bond donors (Lipinski definition) is 1. The Hall–Kier alpha value is -4.26. The third kappa shape index (κ3) is 4.64. The summed E-state index contributed by atoms with van der Waals surface area (Å²) < 4.78 is 1.79. The standard InChI is InChI=1S/C29H29N5O2/c1-22(23-8-4-2-5-9-23)32-28(36)29(25-10-6-3-7-11-25)14-17-33(18-15-29)27(35)24-12-13-26(31-20-24)34-19-16-30-21-34/h2-13,16,19-22H,14-15,17-18H2,1H3,(H,32,36)/t22-/m0/s1. The first-order valence-electron chi connectivity index (χ1n) is 12.2. The number of amides is 2. The van der Waals surface area contributed by atoms with Crippen LogP contribution in [0.4, 0.5) is 0 Å². The van der Waals surface area contributed by atoms with Crippen LogP contribution in [0.5, 0.6) is 0 Å². The smallest absolute Gasteiger partial charge is 0.255 e. The van der Waals surface area contributed by atoms with Gasteiger partial charge in [0.2, 0.25) is 5.91 Å². The first-order valence-corrected chi connectivity index (χ1v) is 12.2. The average Bonchev–Trinajstić information content (AvgIpc) is 3.49. The van der Waals surface area contributed by atoms with Crippen molar-refractivity contribution in [3.8, 4) is 5.82 Å². The zero-order valence-electron chi connectivity index (χ0n) is 20.2. The Morgan fingerprint density at radius 2 is 1.64 bits per heavy atom. The van der Waals surface area contributed by atoms with Crippen molar-refractivity contribution < 1.29 is 9.59 Å². The number of carbonyl (C=O) groups is 2. The summed E-state index contributed by atoms with van der Waals surface area (Å²) in [5.74, 6) is 0.637. The molecule has 4 aromatic rings. The van der Waals surface area contributed by atoms with Gasteiger partial charge in [-0.05, 0) is 43.0 Å². The van der Waals surface area contributed by atoms with Crippen molar-refractivity contribution in [3.05, 3.63) is 114 Å². The molecule has 1 saturated heterocycles. The largest absolute Gasteiger partial charge is 0.349 e. The molecule has 2 aromatic carbocycles. The van der Waals surface area contributed by atoms with Crippen LogP contribution in [0.25, 0.3) is 5.82 Å². The molecule has 0 spiro atoms. The van der Waals surface area contributed by atoms with Gasteiger partial charge in [-0.1, -0.05) is 60.7 Å². The van der Waals surface area contributed by atoms with Gasteiger partial charge in [0.15, 0.2) is 0 Å². The van der Waals surface area contributed by atoms with Gasteiger partial charge in [-0.3, -0.25) is 14.2 Å². The van der Waals surface area contributed by atoms with E-state index in [0.717, 1.165) is 11.1 Å². The predicted octanol–water partition coefficient (Wildman–Crippen LogP) is 4.32. The lowest BCUT2D eigenvalue weighted by Crippen LogP contribution is -2.53. The first-order chi connectivity index (χ1) is 17.6. The lowest BCUT2D eigenvalue weighted by atomic mass is 9.71. The molecule has 1 fully saturated rings. The number of benzene rings is 2. The summed E-state index contributed by atoms with van der Waals surface area (Å²) in [5, 5.41) is 3.24. The fourth-order valence-corrected chi connectivity index (χ4v) is 4.90. The molecule has 1 aliphatic rings. The van der Waals surface area contributed by atoms with Crippen LogP contribution < -0.4 is 5.32 Å². The number of rotatable bonds is 6. The number of piperidine rings is 1. The SMILES string of the molecule is C[C@H](NC(=O)C1(c2ccccc2)CCN(C(=O)c2ccc(-n3ccnc3)nc2)CC1)c1ccccc1. The molecule has 5 rings (SSSR count). The van der Waals surface area contributed by atoms with Crippen LogP contribution in [0.2, 0.25) is 0 Å². The van der Waals surface area contributed by atoms with Crippen LogP contribution in [0.1, 0.15) is 47.3 Å². The highest BCUT2D eigenvalue weighted by Crippen LogP contribution is 2.37. The summed E-state index contributed by atoms with van der Waals surface area (Å²) in [5.41, 5.74) is 1.90. The zero-order chi connectivity index (χ0) is 25.0. The van der Waals surface area contributed by atoms with Crippen molar-refractivity contribution in [2.75, 3.05) is 13.1 Å². The highest BCUT2D eigenvalue weighted by atomic mass is 16.2. The quantitative estimate of drug-likeness (QED) is 0.447. The fourth-order valence-electron chi connectivity index (χ4n) is 4.90. The second-order valence-corrected chi connectivity index (χ2v) is 9.22. The highest BCUT2D eigenvalue weighted by molar-refractivity contribution is 5.95. The monoisotopic (exact) mass is 479 g/mol. The maximum Gasteiger partial charge on any atom is 0.255 e. The Kier molecular flexibility index (Phi) is 6.62. The molecule has 1 atom stereocenters. The van der Waals surface area contributed by atoms with Gasteiger partial charge in [0, 0.05) is 31.7 Å². The molecule has 3 heterocycles. The summed E-state index contributed by atoms with van der Waals surface area (Å²) >= 11 is 0. The van der Waals surface area contributed by atoms with Crippen molar-refractivity contribution >= 4 is 11.8 Å². The number of aromatic nitrogens is 3. The average molecular weight is 480 g/mol. The molecule has 1 aliphatic heterocycles. The molecule has 0 bridgehead atoms. The van der Waals surface area contributed by atoms with Crippen LogP contribution in [-0.2, 0) is 10.2 Å². The van der Waals surface area contributed by atoms with E-state index in [1.165, 1.54) is 0 Å². The maximum atomic E-state index is 13.8. The minimum Gasteiger partial charge on any atom is -0.349 e. The van der Waals surface area contributed by atoms with Crippen molar-refractivity contribution in [3.63, 3.8) is 0 Å². The van der Waals surface area contributed by atoms with E-state index < -0.39 is 5.41 Å². The molecule has 182 valence electrons. The third-order valence-corrected chi connectivity index (χ3v) is 7.08. The highest BCUT2D eigenvalue weighted by Gasteiger charge is 2.44. The summed E-state index contributed by atoms with van der Waals surface area (Å²) in [7, 11) is 0. The Morgan fingerprint density at radius 3 is 2.25 bits per heavy atom. The molecule has 7 heteroatoms. The zero-order valence-corrected chi connectivity index (χ0v) is 20.2. The van der Waals surface area contributed by atoms with E-state index in [4.69, 9.17) is 0 Å². The fraction of sp³-hybridized carbons (Fsp3) is 0.241. The third-order valence-electron chi connectivity index (χ3n) is 7.08. The number of hydrogen-bond acceptors (Lipinski definition) is 4. The van der Waals surface area contributed by atoms with Gasteiger partial charge in [-0.2, -0.15) is 0 Å². The molecule has 0 unspecified atom stereocenters. The van der Waals surface area contributed by atoms with Crippen molar-refractivity contribution in [2.45, 2.75) is 31.2 Å². The Morgan fingerprint density at radius 1 is 0.944 bits per heavy atom. The number of nitrogens with zero attached hydrogens (tertiary/aromatic N) is 4. The van der Waals surface area contributed by atoms with E-state index in [1.54, 1.807) is 35.6 Å². The van der Waals surface area contributed by atoms with E-state index in [1.807, 2.05) is 78.6 Å². The van der Waals surface area contributed by atoms with E-state index >= 15 is 0 Å². The summed E-state index contributed by atoms with van der Waals surface area (Å²) in [6, 6.07) is 23.4. The molecular weight excluding hydrogens is 450 g/mol. The van der Waals surface area contributed by atoms with Crippen LogP contribution in [0.15, 0.2) is 97.7 Å². The van der Waals surface area contributed by atoms with Gasteiger partial charge in [0.25, 0.3) is 5.91 Å². The lowest BCUT2D eigenvalue weighted by Gasteiger charge is -2.41. The van der Waals surface area contributed by atoms with E-state index in [0.29, 0.717) is 37.3 Å². The topological polar surface area (TPSA) is 80.1 Å². The molecule has 7 nitrogen and oxygen atoms in total. The minimum absolute atomic E-state index is 0.00324. The molecule has 1 N–H and O–H groups in total. The number of nitrogens with one attached hydrogen (secondary N) is 1. The van der Waals surface area contributed by atoms with Gasteiger partial charge in [-0.25, -0.2) is 9.97 Å². The van der Waals surface area contributed by atoms with Gasteiger partial charge < -0.3 is 10.2 Å². The molecule has 2 amide bonds. The Balaban J connectivity index is 1.32. The number of pyridine rings is 1. The van der Waals surface area contributed by atoms with Crippen LogP contribution in [0.3, 0.4) is 0 Å². The second kappa shape index (κ2) is 10.2. The first kappa shape index (κ1) is 23.5. The summed E-state index contributed by atoms with van der Waals surface area (Å²) in [4.78, 5) is 37.3. The molecule has 0 saturated carbocycles. The van der Waals surface area contributed by atoms with Crippen LogP contribution in [0, 0.1) is 0 Å². The maximum absolute atomic E-state index is 13.8. The second-order valence-electron chi connectivity index (χ2n) is 9.22. The normalized spacial score (nSPS) is 15.8. The molecule has 0 aliphatic carbocycles. The predicted molar refractivity (Wildman–Crippen MR) is 138 cm³/mol. The molecular formula is C29H29N5O2. The van der Waals surface area contributed by atoms with Gasteiger partial charge in [0.1, 0.15) is 12.1 Å². The van der Waals surface area contributed by atoms with Crippen molar-refractivity contribution in [1.29, 1.82) is 0 Å². The van der Waals surface area contributed by atoms with E-state index in [2.05, 4.69) is 15.3 Å². The number of likely N-dealkylation sites (tertiary alicyclic amines) is 1. The van der Waals surface area contributed by atoms with Crippen LogP contribution >= 0.6 is 0 Å². The molecule has 0 radical (unpaired) electrons. The Bertz CT molecular complexity index is 1300. The van der Waals surface area contributed by atoms with E-state index in [9.17, 15) is 9.59 Å². The van der Waals surface area contributed by atoms with Gasteiger partial charge in [0.05, 0.1) is 17.0 Å². The lowest BCUT2D eigenvalue weighted by molar-refractivity contribution is -0.129. The van der Waals surface area contributed by atoms with Crippen LogP contribution in [-0.4, -0.2) is 44.3 Å². The van der Waals surface area contributed by atoms with E-state index in [-0.39, 0.29) is 17.9 Å². The van der Waals surface area contributed by atoms with Gasteiger partial charge in [-0.15, -0.1) is 0 Å². The van der Waals surface area contributed by atoms with Crippen molar-refractivity contribution in [2.24, 2.45) is 0 Å². The molecule has 36 heavy (non-hydrogen) atoms. The number of carbonyl (C=O) groups excluding carboxylic acids is 2. The Labute approximate surface area is 210 Å². The molecule has 2 aromatic heterocycles. The minimum atomic E-state index is -0.690. The summed E-state index contributed by atoms with van der Waals surface area (Å²) in [6.07, 6.45) is 7.87. The van der Waals surface area contributed by atoms with Crippen molar-refractivity contribution in [1.82, 2.24) is 24.8 Å². The number of imidazole rings is 1. The van der Waals surface area contributed by atoms with Gasteiger partial charge >= 0.3 is 0 Å². The summed E-state index contributed by atoms with van der Waals surface area (Å²) in [6.45, 7) is 2.99.